The Hall–Kier alpha value is -2.66. The Morgan fingerprint density at radius 3 is 2.08 bits per heavy atom. The number of hydrogen-bond donors (Lipinski definition) is 0. The van der Waals surface area contributed by atoms with Crippen molar-refractivity contribution in [2.45, 2.75) is 13.8 Å². The molecule has 2 aromatic carbocycles. The molecule has 0 saturated carbocycles. The lowest BCUT2D eigenvalue weighted by Gasteiger charge is -2.21. The van der Waals surface area contributed by atoms with E-state index in [0.29, 0.717) is 29.8 Å². The highest BCUT2D eigenvalue weighted by Crippen LogP contribution is 2.34. The molecule has 3 amide bonds. The van der Waals surface area contributed by atoms with Gasteiger partial charge in [-0.15, -0.1) is 0 Å². The number of rotatable bonds is 4. The molecule has 0 saturated heterocycles. The second-order valence-corrected chi connectivity index (χ2v) is 6.04. The first-order valence-electron chi connectivity index (χ1n) is 8.06. The third kappa shape index (κ3) is 2.81. The summed E-state index contributed by atoms with van der Waals surface area (Å²) in [6, 6.07) is 11.3. The van der Waals surface area contributed by atoms with Crippen LogP contribution in [0.2, 0.25) is 5.02 Å². The smallest absolute Gasteiger partial charge is 0.266 e. The summed E-state index contributed by atoms with van der Waals surface area (Å²) in [6.45, 7) is 4.92. The normalized spacial score (nSPS) is 13.2. The van der Waals surface area contributed by atoms with Gasteiger partial charge in [-0.3, -0.25) is 14.4 Å². The maximum absolute atomic E-state index is 12.6. The molecule has 0 atom stereocenters. The van der Waals surface area contributed by atoms with Gasteiger partial charge in [-0.2, -0.15) is 0 Å². The molecule has 2 aromatic rings. The van der Waals surface area contributed by atoms with Crippen LogP contribution in [0.3, 0.4) is 0 Å². The molecule has 1 aliphatic heterocycles. The summed E-state index contributed by atoms with van der Waals surface area (Å²) in [5, 5.41) is 0.241. The minimum absolute atomic E-state index is 0.167. The number of benzene rings is 2. The molecule has 1 heterocycles. The first kappa shape index (κ1) is 17.2. The zero-order chi connectivity index (χ0) is 18.1. The van der Waals surface area contributed by atoms with Gasteiger partial charge in [0.25, 0.3) is 17.7 Å². The van der Waals surface area contributed by atoms with Crippen molar-refractivity contribution in [1.29, 1.82) is 0 Å². The number of amides is 3. The number of imide groups is 1. The summed E-state index contributed by atoms with van der Waals surface area (Å²) in [6.07, 6.45) is 0. The third-order valence-corrected chi connectivity index (χ3v) is 4.60. The van der Waals surface area contributed by atoms with Gasteiger partial charge in [-0.1, -0.05) is 23.7 Å². The standard InChI is InChI=1S/C19H17ClN2O3/c1-3-21(4-2)17(23)12-9-10-15(20)16(11-12)22-18(24)13-7-5-6-8-14(13)19(22)25/h5-11H,3-4H2,1-2H3. The van der Waals surface area contributed by atoms with E-state index in [1.54, 1.807) is 35.2 Å². The first-order chi connectivity index (χ1) is 12.0. The van der Waals surface area contributed by atoms with E-state index >= 15 is 0 Å². The van der Waals surface area contributed by atoms with Gasteiger partial charge in [0.1, 0.15) is 0 Å². The lowest BCUT2D eigenvalue weighted by atomic mass is 10.1. The van der Waals surface area contributed by atoms with Crippen LogP contribution in [-0.2, 0) is 0 Å². The van der Waals surface area contributed by atoms with Gasteiger partial charge in [0.2, 0.25) is 0 Å². The molecular formula is C19H17ClN2O3. The maximum Gasteiger partial charge on any atom is 0.266 e. The van der Waals surface area contributed by atoms with E-state index in [0.717, 1.165) is 4.90 Å². The molecule has 25 heavy (non-hydrogen) atoms. The Balaban J connectivity index is 2.04. The summed E-state index contributed by atoms with van der Waals surface area (Å²) < 4.78 is 0. The molecule has 0 N–H and O–H groups in total. The van der Waals surface area contributed by atoms with Crippen LogP contribution >= 0.6 is 11.6 Å². The SMILES string of the molecule is CCN(CC)C(=O)c1ccc(Cl)c(N2C(=O)c3ccccc3C2=O)c1. The highest BCUT2D eigenvalue weighted by atomic mass is 35.5. The van der Waals surface area contributed by atoms with Gasteiger partial charge in [0.15, 0.2) is 0 Å². The van der Waals surface area contributed by atoms with Crippen molar-refractivity contribution in [3.63, 3.8) is 0 Å². The number of anilines is 1. The van der Waals surface area contributed by atoms with Crippen LogP contribution in [0, 0.1) is 0 Å². The van der Waals surface area contributed by atoms with Gasteiger partial charge >= 0.3 is 0 Å². The second-order valence-electron chi connectivity index (χ2n) is 5.63. The predicted octanol–water partition coefficient (Wildman–Crippen LogP) is 3.62. The molecule has 1 aliphatic rings. The molecular weight excluding hydrogens is 340 g/mol. The van der Waals surface area contributed by atoms with Gasteiger partial charge in [0, 0.05) is 18.7 Å². The van der Waals surface area contributed by atoms with E-state index in [2.05, 4.69) is 0 Å². The fourth-order valence-electron chi connectivity index (χ4n) is 2.92. The van der Waals surface area contributed by atoms with Crippen LogP contribution in [0.25, 0.3) is 0 Å². The number of halogens is 1. The van der Waals surface area contributed by atoms with Gasteiger partial charge in [0.05, 0.1) is 21.8 Å². The van der Waals surface area contributed by atoms with Crippen molar-refractivity contribution in [2.24, 2.45) is 0 Å². The summed E-state index contributed by atoms with van der Waals surface area (Å²) in [7, 11) is 0. The fraction of sp³-hybridized carbons (Fsp3) is 0.211. The third-order valence-electron chi connectivity index (χ3n) is 4.28. The highest BCUT2D eigenvalue weighted by molar-refractivity contribution is 6.40. The van der Waals surface area contributed by atoms with Crippen LogP contribution in [0.1, 0.15) is 44.9 Å². The molecule has 128 valence electrons. The van der Waals surface area contributed by atoms with Gasteiger partial charge in [-0.25, -0.2) is 4.90 Å². The Morgan fingerprint density at radius 2 is 1.56 bits per heavy atom. The number of carbonyl (C=O) groups is 3. The molecule has 0 spiro atoms. The van der Waals surface area contributed by atoms with E-state index in [9.17, 15) is 14.4 Å². The van der Waals surface area contributed by atoms with Gasteiger partial charge in [-0.05, 0) is 44.2 Å². The fourth-order valence-corrected chi connectivity index (χ4v) is 3.12. The Labute approximate surface area is 150 Å². The quantitative estimate of drug-likeness (QED) is 0.786. The molecule has 6 heteroatoms. The van der Waals surface area contributed by atoms with E-state index in [4.69, 9.17) is 11.6 Å². The lowest BCUT2D eigenvalue weighted by Crippen LogP contribution is -2.32. The van der Waals surface area contributed by atoms with Crippen molar-refractivity contribution in [1.82, 2.24) is 4.90 Å². The van der Waals surface area contributed by atoms with Crippen LogP contribution in [0.5, 0.6) is 0 Å². The minimum Gasteiger partial charge on any atom is -0.339 e. The summed E-state index contributed by atoms with van der Waals surface area (Å²) >= 11 is 6.23. The van der Waals surface area contributed by atoms with Crippen LogP contribution in [-0.4, -0.2) is 35.7 Å². The zero-order valence-electron chi connectivity index (χ0n) is 14.0. The molecule has 0 unspecified atom stereocenters. The van der Waals surface area contributed by atoms with Crippen LogP contribution in [0.4, 0.5) is 5.69 Å². The van der Waals surface area contributed by atoms with E-state index < -0.39 is 11.8 Å². The zero-order valence-corrected chi connectivity index (χ0v) is 14.7. The summed E-state index contributed by atoms with van der Waals surface area (Å²) in [5.74, 6) is -1.04. The van der Waals surface area contributed by atoms with Crippen molar-refractivity contribution in [2.75, 3.05) is 18.0 Å². The first-order valence-corrected chi connectivity index (χ1v) is 8.44. The molecule has 0 fully saturated rings. The Bertz CT molecular complexity index is 840. The van der Waals surface area contributed by atoms with Crippen molar-refractivity contribution < 1.29 is 14.4 Å². The molecule has 0 aliphatic carbocycles. The number of nitrogens with zero attached hydrogens (tertiary/aromatic N) is 2. The molecule has 0 bridgehead atoms. The molecule has 0 radical (unpaired) electrons. The molecule has 5 nitrogen and oxygen atoms in total. The van der Waals surface area contributed by atoms with Crippen molar-refractivity contribution in [3.05, 3.63) is 64.2 Å². The van der Waals surface area contributed by atoms with Crippen molar-refractivity contribution >= 4 is 35.0 Å². The monoisotopic (exact) mass is 356 g/mol. The van der Waals surface area contributed by atoms with Gasteiger partial charge < -0.3 is 4.90 Å². The Kier molecular flexibility index (Phi) is 4.59. The molecule has 3 rings (SSSR count). The number of hydrogen-bond acceptors (Lipinski definition) is 3. The summed E-state index contributed by atoms with van der Waals surface area (Å²) in [4.78, 5) is 40.5. The Morgan fingerprint density at radius 1 is 1.00 bits per heavy atom. The minimum atomic E-state index is -0.435. The van der Waals surface area contributed by atoms with Crippen molar-refractivity contribution in [3.8, 4) is 0 Å². The topological polar surface area (TPSA) is 57.7 Å². The lowest BCUT2D eigenvalue weighted by molar-refractivity contribution is 0.0771. The second kappa shape index (κ2) is 6.69. The molecule has 0 aromatic heterocycles. The van der Waals surface area contributed by atoms with Crippen LogP contribution in [0.15, 0.2) is 42.5 Å². The number of carbonyl (C=O) groups excluding carboxylic acids is 3. The predicted molar refractivity (Wildman–Crippen MR) is 96.3 cm³/mol. The average Bonchev–Trinajstić information content (AvgIpc) is 2.88. The summed E-state index contributed by atoms with van der Waals surface area (Å²) in [5.41, 5.74) is 1.29. The van der Waals surface area contributed by atoms with Crippen LogP contribution < -0.4 is 4.90 Å². The largest absolute Gasteiger partial charge is 0.339 e. The maximum atomic E-state index is 12.6. The van der Waals surface area contributed by atoms with E-state index in [1.165, 1.54) is 12.1 Å². The van der Waals surface area contributed by atoms with E-state index in [1.807, 2.05) is 13.8 Å². The number of fused-ring (bicyclic) bond motifs is 1. The van der Waals surface area contributed by atoms with E-state index in [-0.39, 0.29) is 16.6 Å². The average molecular weight is 357 g/mol. The highest BCUT2D eigenvalue weighted by Gasteiger charge is 2.37.